The lowest BCUT2D eigenvalue weighted by molar-refractivity contribution is 0.678. The van der Waals surface area contributed by atoms with Crippen molar-refractivity contribution < 1.29 is 0 Å². The molecule has 0 atom stereocenters. The number of unbranched alkanes of at least 4 members (excludes halogenated alkanes) is 4. The van der Waals surface area contributed by atoms with E-state index in [1.54, 1.807) is 0 Å². The van der Waals surface area contributed by atoms with Crippen molar-refractivity contribution in [2.24, 2.45) is 0 Å². The molecule has 0 N–H and O–H groups in total. The summed E-state index contributed by atoms with van der Waals surface area (Å²) in [5.41, 5.74) is 7.63. The van der Waals surface area contributed by atoms with E-state index >= 15 is 0 Å². The lowest BCUT2D eigenvalue weighted by atomic mass is 10.1. The molecule has 0 heterocycles. The van der Waals surface area contributed by atoms with Gasteiger partial charge in [-0.1, -0.05) is 137 Å². The van der Waals surface area contributed by atoms with Crippen molar-refractivity contribution in [3.05, 3.63) is 107 Å². The number of hydrogen-bond donors (Lipinski definition) is 0. The molecule has 0 radical (unpaired) electrons. The van der Waals surface area contributed by atoms with Gasteiger partial charge in [-0.3, -0.25) is 0 Å². The molecule has 0 aromatic heterocycles. The average Bonchev–Trinajstić information content (AvgIpc) is 3.02. The van der Waals surface area contributed by atoms with Gasteiger partial charge in [0.15, 0.2) is 0 Å². The smallest absolute Gasteiger partial charge is 0.0366 e. The van der Waals surface area contributed by atoms with Gasteiger partial charge in [-0.05, 0) is 74.9 Å². The molecule has 0 saturated carbocycles. The third-order valence-electron chi connectivity index (χ3n) is 7.55. The van der Waals surface area contributed by atoms with E-state index in [0.717, 1.165) is 26.2 Å². The molecule has 0 saturated heterocycles. The first-order chi connectivity index (χ1) is 20.5. The van der Waals surface area contributed by atoms with E-state index in [0.29, 0.717) is 0 Å². The molecule has 2 aromatic rings. The van der Waals surface area contributed by atoms with Crippen LogP contribution < -0.4 is 9.80 Å². The fraction of sp³-hybridized carbons (Fsp3) is 0.450. The standard InChI is InChI=1S/C40H58N2/c1-7-11-31-41(32-12-8-2)39-27-23-37(24-28-39)21-19-35(5)17-15-16-18-36(6)20-22-38-25-29-40(30-26-38)42(33-13-9-3)34-14-10-4/h15-30H,7-14,31-34H2,1-6H3/b16-15+,21-19+,22-20+,35-17+,36-18+. The molecule has 0 bridgehead atoms. The number of allylic oxidation sites excluding steroid dienone is 8. The van der Waals surface area contributed by atoms with Gasteiger partial charge >= 0.3 is 0 Å². The second kappa shape index (κ2) is 21.4. The fourth-order valence-corrected chi connectivity index (χ4v) is 4.71. The predicted molar refractivity (Wildman–Crippen MR) is 192 cm³/mol. The molecule has 0 aliphatic heterocycles. The van der Waals surface area contributed by atoms with Crippen LogP contribution in [0.25, 0.3) is 12.2 Å². The zero-order valence-electron chi connectivity index (χ0n) is 27.6. The lowest BCUT2D eigenvalue weighted by Crippen LogP contribution is -2.25. The highest BCUT2D eigenvalue weighted by Crippen LogP contribution is 2.19. The molecular weight excluding hydrogens is 508 g/mol. The van der Waals surface area contributed by atoms with Gasteiger partial charge in [0.05, 0.1) is 0 Å². The van der Waals surface area contributed by atoms with E-state index in [1.807, 2.05) is 0 Å². The molecule has 0 aliphatic rings. The van der Waals surface area contributed by atoms with Crippen molar-refractivity contribution in [3.63, 3.8) is 0 Å². The molecule has 2 aromatic carbocycles. The molecule has 0 fully saturated rings. The topological polar surface area (TPSA) is 6.48 Å². The maximum Gasteiger partial charge on any atom is 0.0366 e. The number of anilines is 2. The minimum Gasteiger partial charge on any atom is -0.372 e. The normalized spacial score (nSPS) is 12.7. The number of nitrogens with zero attached hydrogens (tertiary/aromatic N) is 2. The molecule has 42 heavy (non-hydrogen) atoms. The van der Waals surface area contributed by atoms with Crippen molar-refractivity contribution in [2.45, 2.75) is 92.9 Å². The summed E-state index contributed by atoms with van der Waals surface area (Å²) in [5, 5.41) is 0. The minimum atomic E-state index is 1.15. The maximum atomic E-state index is 2.54. The first-order valence-electron chi connectivity index (χ1n) is 16.6. The molecule has 2 nitrogen and oxygen atoms in total. The Kier molecular flexibility index (Phi) is 17.8. The first kappa shape index (κ1) is 34.9. The zero-order valence-corrected chi connectivity index (χ0v) is 27.6. The Hall–Kier alpha value is -3.26. The second-order valence-corrected chi connectivity index (χ2v) is 11.4. The van der Waals surface area contributed by atoms with Gasteiger partial charge in [0.1, 0.15) is 0 Å². The van der Waals surface area contributed by atoms with E-state index in [1.165, 1.54) is 85.0 Å². The van der Waals surface area contributed by atoms with Crippen LogP contribution in [0.1, 0.15) is 104 Å². The Balaban J connectivity index is 1.90. The van der Waals surface area contributed by atoms with Gasteiger partial charge in [-0.15, -0.1) is 0 Å². The molecule has 0 unspecified atom stereocenters. The summed E-state index contributed by atoms with van der Waals surface area (Å²) < 4.78 is 0. The van der Waals surface area contributed by atoms with Crippen LogP contribution in [0.3, 0.4) is 0 Å². The van der Waals surface area contributed by atoms with Crippen LogP contribution in [0.15, 0.2) is 96.1 Å². The van der Waals surface area contributed by atoms with Crippen LogP contribution in [0.2, 0.25) is 0 Å². The Morgan fingerprint density at radius 1 is 0.500 bits per heavy atom. The van der Waals surface area contributed by atoms with E-state index in [9.17, 15) is 0 Å². The Bertz CT molecular complexity index is 1020. The third-order valence-corrected chi connectivity index (χ3v) is 7.55. The minimum absolute atomic E-state index is 1.15. The summed E-state index contributed by atoms with van der Waals surface area (Å²) in [5.74, 6) is 0. The van der Waals surface area contributed by atoms with Crippen LogP contribution in [0.5, 0.6) is 0 Å². The van der Waals surface area contributed by atoms with Crippen LogP contribution in [-0.4, -0.2) is 26.2 Å². The highest BCUT2D eigenvalue weighted by Gasteiger charge is 2.06. The summed E-state index contributed by atoms with van der Waals surface area (Å²) in [4.78, 5) is 5.07. The highest BCUT2D eigenvalue weighted by molar-refractivity contribution is 5.59. The molecule has 0 amide bonds. The van der Waals surface area contributed by atoms with Crippen molar-refractivity contribution in [2.75, 3.05) is 36.0 Å². The third kappa shape index (κ3) is 14.1. The van der Waals surface area contributed by atoms with Crippen molar-refractivity contribution in [1.82, 2.24) is 0 Å². The SMILES string of the molecule is CCCCN(CCCC)c1ccc(/C=C/C(C)=C/C=C/C=C(C)/C=C/c2ccc(N(CCCC)CCCC)cc2)cc1. The van der Waals surface area contributed by atoms with E-state index < -0.39 is 0 Å². The number of rotatable bonds is 20. The van der Waals surface area contributed by atoms with Crippen molar-refractivity contribution in [3.8, 4) is 0 Å². The first-order valence-corrected chi connectivity index (χ1v) is 16.6. The van der Waals surface area contributed by atoms with Crippen molar-refractivity contribution in [1.29, 1.82) is 0 Å². The fourth-order valence-electron chi connectivity index (χ4n) is 4.71. The van der Waals surface area contributed by atoms with E-state index in [4.69, 9.17) is 0 Å². The molecule has 228 valence electrons. The summed E-state index contributed by atoms with van der Waals surface area (Å²) in [6.07, 6.45) is 27.3. The molecular formula is C40H58N2. The molecule has 0 aliphatic carbocycles. The summed E-state index contributed by atoms with van der Waals surface area (Å²) in [7, 11) is 0. The van der Waals surface area contributed by atoms with Crippen LogP contribution in [-0.2, 0) is 0 Å². The van der Waals surface area contributed by atoms with E-state index in [2.05, 4.69) is 148 Å². The van der Waals surface area contributed by atoms with Gasteiger partial charge in [-0.25, -0.2) is 0 Å². The van der Waals surface area contributed by atoms with Gasteiger partial charge in [0.2, 0.25) is 0 Å². The summed E-state index contributed by atoms with van der Waals surface area (Å²) in [6, 6.07) is 18.0. The largest absolute Gasteiger partial charge is 0.372 e. The molecule has 2 heteroatoms. The summed E-state index contributed by atoms with van der Waals surface area (Å²) >= 11 is 0. The highest BCUT2D eigenvalue weighted by atomic mass is 15.1. The van der Waals surface area contributed by atoms with Crippen molar-refractivity contribution >= 4 is 23.5 Å². The molecule has 2 rings (SSSR count). The number of benzene rings is 2. The Morgan fingerprint density at radius 3 is 1.10 bits per heavy atom. The average molecular weight is 567 g/mol. The van der Waals surface area contributed by atoms with E-state index in [-0.39, 0.29) is 0 Å². The van der Waals surface area contributed by atoms with Gasteiger partial charge < -0.3 is 9.80 Å². The zero-order chi connectivity index (χ0) is 30.4. The lowest BCUT2D eigenvalue weighted by Gasteiger charge is -2.24. The summed E-state index contributed by atoms with van der Waals surface area (Å²) in [6.45, 7) is 18.0. The maximum absolute atomic E-state index is 2.54. The van der Waals surface area contributed by atoms with Crippen LogP contribution in [0.4, 0.5) is 11.4 Å². The van der Waals surface area contributed by atoms with Gasteiger partial charge in [0, 0.05) is 37.6 Å². The van der Waals surface area contributed by atoms with Gasteiger partial charge in [0.25, 0.3) is 0 Å². The second-order valence-electron chi connectivity index (χ2n) is 11.4. The Morgan fingerprint density at radius 2 is 0.810 bits per heavy atom. The van der Waals surface area contributed by atoms with Gasteiger partial charge in [-0.2, -0.15) is 0 Å². The quantitative estimate of drug-likeness (QED) is 0.147. The van der Waals surface area contributed by atoms with Crippen LogP contribution in [0, 0.1) is 0 Å². The monoisotopic (exact) mass is 566 g/mol. The Labute approximate surface area is 259 Å². The predicted octanol–water partition coefficient (Wildman–Crippen LogP) is 11.7. The number of hydrogen-bond acceptors (Lipinski definition) is 2. The molecule has 0 spiro atoms. The van der Waals surface area contributed by atoms with Crippen LogP contribution >= 0.6 is 0 Å².